The van der Waals surface area contributed by atoms with Gasteiger partial charge in [-0.15, -0.1) is 0 Å². The molecule has 0 atom stereocenters. The third-order valence-electron chi connectivity index (χ3n) is 3.83. The van der Waals surface area contributed by atoms with Crippen LogP contribution in [0.1, 0.15) is 31.3 Å². The molecule has 0 unspecified atom stereocenters. The minimum absolute atomic E-state index is 0.0451. The van der Waals surface area contributed by atoms with E-state index in [4.69, 9.17) is 0 Å². The van der Waals surface area contributed by atoms with Crippen LogP contribution >= 0.6 is 0 Å². The number of rotatable bonds is 5. The molecular weight excluding hydrogens is 365 g/mol. The topological polar surface area (TPSA) is 116 Å². The Morgan fingerprint density at radius 2 is 1.50 bits per heavy atom. The molecule has 3 aromatic rings. The number of aromatic nitrogens is 2. The molecule has 0 aliphatic carbocycles. The molecule has 8 nitrogen and oxygen atoms in total. The van der Waals surface area contributed by atoms with E-state index < -0.39 is 23.5 Å². The van der Waals surface area contributed by atoms with E-state index in [1.54, 1.807) is 30.3 Å². The summed E-state index contributed by atoms with van der Waals surface area (Å²) in [5.41, 5.74) is 0.794. The Hall–Kier alpha value is -4.01. The van der Waals surface area contributed by atoms with E-state index in [0.29, 0.717) is 11.4 Å². The van der Waals surface area contributed by atoms with Gasteiger partial charge in [0, 0.05) is 18.4 Å². The summed E-state index contributed by atoms with van der Waals surface area (Å²) in [6, 6.07) is 11.9. The number of halogens is 1. The summed E-state index contributed by atoms with van der Waals surface area (Å²) in [7, 11) is 1.44. The lowest BCUT2D eigenvalue weighted by Crippen LogP contribution is -2.23. The normalized spacial score (nSPS) is 10.2. The molecule has 4 N–H and O–H groups in total. The van der Waals surface area contributed by atoms with Crippen molar-refractivity contribution in [3.05, 3.63) is 77.6 Å². The molecule has 28 heavy (non-hydrogen) atoms. The molecule has 0 bridgehead atoms. The van der Waals surface area contributed by atoms with E-state index >= 15 is 0 Å². The van der Waals surface area contributed by atoms with Crippen LogP contribution in [0.5, 0.6) is 0 Å². The zero-order valence-electron chi connectivity index (χ0n) is 14.7. The predicted octanol–water partition coefficient (Wildman–Crippen LogP) is 2.41. The summed E-state index contributed by atoms with van der Waals surface area (Å²) in [5, 5.41) is 7.60. The van der Waals surface area contributed by atoms with E-state index in [0.717, 1.165) is 0 Å². The molecule has 0 spiro atoms. The maximum atomic E-state index is 13.7. The largest absolute Gasteiger partial charge is 0.354 e. The Morgan fingerprint density at radius 1 is 0.893 bits per heavy atom. The number of carbonyl (C=O) groups excluding carboxylic acids is 3. The summed E-state index contributed by atoms with van der Waals surface area (Å²) >= 11 is 0. The number of imidazole rings is 1. The minimum Gasteiger partial charge on any atom is -0.354 e. The van der Waals surface area contributed by atoms with Gasteiger partial charge in [0.05, 0.1) is 11.9 Å². The lowest BCUT2D eigenvalue weighted by atomic mass is 10.2. The molecule has 0 aliphatic rings. The third kappa shape index (κ3) is 4.04. The number of H-pyrrole nitrogens is 1. The standard InChI is InChI=1S/C19H16FN5O3/c1-21-18(27)15-16(23-10-22-15)19(28)25-12-8-6-11(7-9-12)24-17(26)13-4-2-3-5-14(13)20/h2-10H,1H3,(H,21,27)(H,22,23)(H,24,26)(H,25,28). The minimum atomic E-state index is -0.616. The first-order valence-electron chi connectivity index (χ1n) is 8.22. The molecule has 0 aliphatic heterocycles. The fraction of sp³-hybridized carbons (Fsp3) is 0.0526. The van der Waals surface area contributed by atoms with Gasteiger partial charge in [0.1, 0.15) is 11.5 Å². The monoisotopic (exact) mass is 381 g/mol. The van der Waals surface area contributed by atoms with Gasteiger partial charge in [0.2, 0.25) is 0 Å². The first-order chi connectivity index (χ1) is 13.5. The second kappa shape index (κ2) is 8.12. The molecule has 2 aromatic carbocycles. The average molecular weight is 381 g/mol. The highest BCUT2D eigenvalue weighted by atomic mass is 19.1. The first-order valence-corrected chi connectivity index (χ1v) is 8.22. The van der Waals surface area contributed by atoms with E-state index in [9.17, 15) is 18.8 Å². The van der Waals surface area contributed by atoms with E-state index in [-0.39, 0.29) is 17.0 Å². The summed E-state index contributed by atoms with van der Waals surface area (Å²) in [6.07, 6.45) is 1.25. The van der Waals surface area contributed by atoms with Gasteiger partial charge in [-0.3, -0.25) is 14.4 Å². The van der Waals surface area contributed by atoms with Crippen molar-refractivity contribution in [2.45, 2.75) is 0 Å². The SMILES string of the molecule is CNC(=O)c1[nH]cnc1C(=O)Nc1ccc(NC(=O)c2ccccc2F)cc1. The Balaban J connectivity index is 1.67. The molecule has 0 saturated carbocycles. The first kappa shape index (κ1) is 18.8. The fourth-order valence-corrected chi connectivity index (χ4v) is 2.44. The summed E-state index contributed by atoms with van der Waals surface area (Å²) < 4.78 is 13.7. The number of carbonyl (C=O) groups is 3. The van der Waals surface area contributed by atoms with Crippen molar-refractivity contribution in [3.8, 4) is 0 Å². The average Bonchev–Trinajstić information content (AvgIpc) is 3.19. The smallest absolute Gasteiger partial charge is 0.276 e. The molecule has 0 fully saturated rings. The van der Waals surface area contributed by atoms with Crippen LogP contribution in [0, 0.1) is 5.82 Å². The van der Waals surface area contributed by atoms with Gasteiger partial charge in [-0.25, -0.2) is 9.37 Å². The van der Waals surface area contributed by atoms with Gasteiger partial charge >= 0.3 is 0 Å². The summed E-state index contributed by atoms with van der Waals surface area (Å²) in [6.45, 7) is 0. The van der Waals surface area contributed by atoms with Crippen LogP contribution in [0.3, 0.4) is 0 Å². The van der Waals surface area contributed by atoms with Gasteiger partial charge in [0.25, 0.3) is 17.7 Å². The van der Waals surface area contributed by atoms with Crippen LogP contribution in [0.25, 0.3) is 0 Å². The van der Waals surface area contributed by atoms with Crippen LogP contribution in [-0.2, 0) is 0 Å². The van der Waals surface area contributed by atoms with Crippen LogP contribution in [0.2, 0.25) is 0 Å². The lowest BCUT2D eigenvalue weighted by Gasteiger charge is -2.08. The number of aromatic amines is 1. The van der Waals surface area contributed by atoms with E-state index in [1.807, 2.05) is 0 Å². The van der Waals surface area contributed by atoms with Crippen molar-refractivity contribution < 1.29 is 18.8 Å². The van der Waals surface area contributed by atoms with Gasteiger partial charge in [-0.05, 0) is 36.4 Å². The van der Waals surface area contributed by atoms with Crippen molar-refractivity contribution in [2.24, 2.45) is 0 Å². The maximum absolute atomic E-state index is 13.7. The van der Waals surface area contributed by atoms with Gasteiger partial charge in [0.15, 0.2) is 5.69 Å². The van der Waals surface area contributed by atoms with Crippen LogP contribution in [0.15, 0.2) is 54.9 Å². The van der Waals surface area contributed by atoms with Crippen molar-refractivity contribution in [2.75, 3.05) is 17.7 Å². The zero-order valence-corrected chi connectivity index (χ0v) is 14.7. The molecule has 1 heterocycles. The Bertz CT molecular complexity index is 1030. The number of hydrogen-bond donors (Lipinski definition) is 4. The molecule has 3 amide bonds. The predicted molar refractivity (Wildman–Crippen MR) is 101 cm³/mol. The Kier molecular flexibility index (Phi) is 5.45. The quantitative estimate of drug-likeness (QED) is 0.543. The van der Waals surface area contributed by atoms with Crippen molar-refractivity contribution >= 4 is 29.1 Å². The Morgan fingerprint density at radius 3 is 2.11 bits per heavy atom. The molecule has 3 rings (SSSR count). The molecule has 0 saturated heterocycles. The van der Waals surface area contributed by atoms with Gasteiger partial charge in [-0.1, -0.05) is 12.1 Å². The number of benzene rings is 2. The lowest BCUT2D eigenvalue weighted by molar-refractivity contribution is 0.0943. The van der Waals surface area contributed by atoms with E-state index in [1.165, 1.54) is 31.6 Å². The number of hydrogen-bond acceptors (Lipinski definition) is 4. The van der Waals surface area contributed by atoms with Crippen LogP contribution in [0.4, 0.5) is 15.8 Å². The highest BCUT2D eigenvalue weighted by Crippen LogP contribution is 2.17. The summed E-state index contributed by atoms with van der Waals surface area (Å²) in [4.78, 5) is 42.6. The Labute approximate surface area is 159 Å². The van der Waals surface area contributed by atoms with Crippen molar-refractivity contribution in [1.82, 2.24) is 15.3 Å². The number of nitrogens with zero attached hydrogens (tertiary/aromatic N) is 1. The highest BCUT2D eigenvalue weighted by molar-refractivity contribution is 6.10. The van der Waals surface area contributed by atoms with Gasteiger partial charge < -0.3 is 20.9 Å². The van der Waals surface area contributed by atoms with Gasteiger partial charge in [-0.2, -0.15) is 0 Å². The van der Waals surface area contributed by atoms with Crippen molar-refractivity contribution in [1.29, 1.82) is 0 Å². The second-order valence-electron chi connectivity index (χ2n) is 5.67. The molecule has 0 radical (unpaired) electrons. The maximum Gasteiger partial charge on any atom is 0.276 e. The van der Waals surface area contributed by atoms with Crippen LogP contribution < -0.4 is 16.0 Å². The molecule has 1 aromatic heterocycles. The fourth-order valence-electron chi connectivity index (χ4n) is 2.44. The number of amides is 3. The third-order valence-corrected chi connectivity index (χ3v) is 3.83. The zero-order chi connectivity index (χ0) is 20.1. The van der Waals surface area contributed by atoms with E-state index in [2.05, 4.69) is 25.9 Å². The second-order valence-corrected chi connectivity index (χ2v) is 5.67. The summed E-state index contributed by atoms with van der Waals surface area (Å²) in [5.74, 6) is -2.23. The van der Waals surface area contributed by atoms with Crippen molar-refractivity contribution in [3.63, 3.8) is 0 Å². The molecule has 142 valence electrons. The number of nitrogens with one attached hydrogen (secondary N) is 4. The molecule has 9 heteroatoms. The number of anilines is 2. The van der Waals surface area contributed by atoms with Crippen LogP contribution in [-0.4, -0.2) is 34.7 Å². The molecular formula is C19H16FN5O3. The highest BCUT2D eigenvalue weighted by Gasteiger charge is 2.19.